The molecule has 1 unspecified atom stereocenters. The number of aryl methyl sites for hydroxylation is 1. The van der Waals surface area contributed by atoms with Gasteiger partial charge < -0.3 is 19.8 Å². The van der Waals surface area contributed by atoms with Crippen molar-refractivity contribution in [3.63, 3.8) is 0 Å². The number of benzene rings is 2. The quantitative estimate of drug-likeness (QED) is 0.708. The summed E-state index contributed by atoms with van der Waals surface area (Å²) in [6.45, 7) is 1.68. The molecule has 1 aliphatic rings. The minimum Gasteiger partial charge on any atom is -0.479 e. The van der Waals surface area contributed by atoms with Gasteiger partial charge in [-0.3, -0.25) is 9.59 Å². The number of carbonyl (C=O) groups is 2. The molecule has 0 spiro atoms. The molecule has 0 bridgehead atoms. The lowest BCUT2D eigenvalue weighted by molar-refractivity contribution is -0.122. The van der Waals surface area contributed by atoms with Crippen LogP contribution in [0.3, 0.4) is 0 Å². The SMILES string of the molecule is CC1Oc2ccc(NC(=O)CCc3ncc(-c4ccccc4)o3)cc2NC1=O. The molecule has 1 aromatic heterocycles. The van der Waals surface area contributed by atoms with Crippen LogP contribution in [0.5, 0.6) is 5.75 Å². The first-order valence-electron chi connectivity index (χ1n) is 9.00. The molecule has 0 aliphatic carbocycles. The Balaban J connectivity index is 1.35. The lowest BCUT2D eigenvalue weighted by Gasteiger charge is -2.23. The highest BCUT2D eigenvalue weighted by Gasteiger charge is 2.23. The molecule has 2 heterocycles. The maximum Gasteiger partial charge on any atom is 0.265 e. The molecule has 0 saturated heterocycles. The Morgan fingerprint density at radius 1 is 1.21 bits per heavy atom. The third-order valence-corrected chi connectivity index (χ3v) is 4.37. The van der Waals surface area contributed by atoms with E-state index in [1.807, 2.05) is 30.3 Å². The Bertz CT molecular complexity index is 1010. The highest BCUT2D eigenvalue weighted by molar-refractivity contribution is 5.99. The lowest BCUT2D eigenvalue weighted by Crippen LogP contribution is -2.34. The summed E-state index contributed by atoms with van der Waals surface area (Å²) in [6.07, 6.45) is 1.75. The van der Waals surface area contributed by atoms with Crippen LogP contribution in [-0.4, -0.2) is 22.9 Å². The van der Waals surface area contributed by atoms with Gasteiger partial charge >= 0.3 is 0 Å². The zero-order valence-corrected chi connectivity index (χ0v) is 15.3. The average molecular weight is 377 g/mol. The fourth-order valence-corrected chi connectivity index (χ4v) is 2.89. The van der Waals surface area contributed by atoms with Crippen molar-refractivity contribution in [2.24, 2.45) is 0 Å². The van der Waals surface area contributed by atoms with E-state index in [1.165, 1.54) is 0 Å². The van der Waals surface area contributed by atoms with E-state index in [9.17, 15) is 9.59 Å². The summed E-state index contributed by atoms with van der Waals surface area (Å²) >= 11 is 0. The van der Waals surface area contributed by atoms with Crippen LogP contribution in [0.25, 0.3) is 11.3 Å². The smallest absolute Gasteiger partial charge is 0.265 e. The van der Waals surface area contributed by atoms with Crippen LogP contribution in [0.4, 0.5) is 11.4 Å². The van der Waals surface area contributed by atoms with Crippen LogP contribution < -0.4 is 15.4 Å². The molecular weight excluding hydrogens is 358 g/mol. The predicted octanol–water partition coefficient (Wildman–Crippen LogP) is 3.63. The second-order valence-corrected chi connectivity index (χ2v) is 6.49. The van der Waals surface area contributed by atoms with E-state index in [2.05, 4.69) is 15.6 Å². The molecule has 2 aromatic carbocycles. The second kappa shape index (κ2) is 7.56. The van der Waals surface area contributed by atoms with Gasteiger partial charge in [-0.25, -0.2) is 4.98 Å². The Hall–Kier alpha value is -3.61. The van der Waals surface area contributed by atoms with Gasteiger partial charge in [0.15, 0.2) is 17.8 Å². The van der Waals surface area contributed by atoms with E-state index in [-0.39, 0.29) is 18.2 Å². The van der Waals surface area contributed by atoms with Gasteiger partial charge in [0.25, 0.3) is 5.91 Å². The largest absolute Gasteiger partial charge is 0.479 e. The van der Waals surface area contributed by atoms with Gasteiger partial charge in [0.1, 0.15) is 5.75 Å². The zero-order chi connectivity index (χ0) is 19.5. The first-order chi connectivity index (χ1) is 13.6. The summed E-state index contributed by atoms with van der Waals surface area (Å²) < 4.78 is 11.2. The summed E-state index contributed by atoms with van der Waals surface area (Å²) in [5.41, 5.74) is 2.07. The van der Waals surface area contributed by atoms with Gasteiger partial charge in [0, 0.05) is 24.1 Å². The molecule has 142 valence electrons. The Kier molecular flexibility index (Phi) is 4.80. The zero-order valence-electron chi connectivity index (χ0n) is 15.3. The molecule has 3 aromatic rings. The van der Waals surface area contributed by atoms with Gasteiger partial charge in [-0.1, -0.05) is 30.3 Å². The molecule has 1 aliphatic heterocycles. The number of ether oxygens (including phenoxy) is 1. The summed E-state index contributed by atoms with van der Waals surface area (Å²) in [6, 6.07) is 14.8. The molecular formula is C21H19N3O4. The Labute approximate surface area is 161 Å². The van der Waals surface area contributed by atoms with Crippen LogP contribution in [0.1, 0.15) is 19.2 Å². The number of oxazole rings is 1. The molecule has 28 heavy (non-hydrogen) atoms. The molecule has 2 N–H and O–H groups in total. The number of fused-ring (bicyclic) bond motifs is 1. The van der Waals surface area contributed by atoms with Crippen LogP contribution in [0, 0.1) is 0 Å². The number of nitrogens with zero attached hydrogens (tertiary/aromatic N) is 1. The minimum atomic E-state index is -0.533. The fourth-order valence-electron chi connectivity index (χ4n) is 2.89. The van der Waals surface area contributed by atoms with Crippen molar-refractivity contribution in [1.82, 2.24) is 4.98 Å². The van der Waals surface area contributed by atoms with Crippen molar-refractivity contribution < 1.29 is 18.7 Å². The minimum absolute atomic E-state index is 0.171. The van der Waals surface area contributed by atoms with Crippen molar-refractivity contribution in [2.75, 3.05) is 10.6 Å². The van der Waals surface area contributed by atoms with Gasteiger partial charge in [0.2, 0.25) is 5.91 Å². The number of hydrogen-bond donors (Lipinski definition) is 2. The van der Waals surface area contributed by atoms with Crippen molar-refractivity contribution in [2.45, 2.75) is 25.9 Å². The second-order valence-electron chi connectivity index (χ2n) is 6.49. The van der Waals surface area contributed by atoms with Crippen molar-refractivity contribution in [3.8, 4) is 17.1 Å². The summed E-state index contributed by atoms with van der Waals surface area (Å²) in [5, 5.41) is 5.57. The average Bonchev–Trinajstić information content (AvgIpc) is 3.17. The van der Waals surface area contributed by atoms with Crippen LogP contribution in [0.2, 0.25) is 0 Å². The summed E-state index contributed by atoms with van der Waals surface area (Å²) in [4.78, 5) is 28.2. The monoisotopic (exact) mass is 377 g/mol. The maximum atomic E-state index is 12.2. The number of hydrogen-bond acceptors (Lipinski definition) is 5. The number of amides is 2. The van der Waals surface area contributed by atoms with Gasteiger partial charge in [-0.2, -0.15) is 0 Å². The van der Waals surface area contributed by atoms with Crippen molar-refractivity contribution >= 4 is 23.2 Å². The number of nitrogens with one attached hydrogen (secondary N) is 2. The predicted molar refractivity (Wildman–Crippen MR) is 104 cm³/mol. The van der Waals surface area contributed by atoms with E-state index >= 15 is 0 Å². The highest BCUT2D eigenvalue weighted by atomic mass is 16.5. The first-order valence-corrected chi connectivity index (χ1v) is 9.00. The number of carbonyl (C=O) groups excluding carboxylic acids is 2. The standard InChI is InChI=1S/C21H19N3O4/c1-13-21(26)24-16-11-15(7-8-17(16)27-13)23-19(25)9-10-20-22-12-18(28-20)14-5-3-2-4-6-14/h2-8,11-13H,9-10H2,1H3,(H,23,25)(H,24,26). The fraction of sp³-hybridized carbons (Fsp3) is 0.190. The van der Waals surface area contributed by atoms with Crippen LogP contribution in [0.15, 0.2) is 59.1 Å². The third-order valence-electron chi connectivity index (χ3n) is 4.37. The third kappa shape index (κ3) is 3.88. The molecule has 7 nitrogen and oxygen atoms in total. The Morgan fingerprint density at radius 3 is 2.86 bits per heavy atom. The first kappa shape index (κ1) is 17.8. The van der Waals surface area contributed by atoms with E-state index in [0.29, 0.717) is 35.2 Å². The van der Waals surface area contributed by atoms with Gasteiger partial charge in [0.05, 0.1) is 11.9 Å². The highest BCUT2D eigenvalue weighted by Crippen LogP contribution is 2.32. The van der Waals surface area contributed by atoms with E-state index in [0.717, 1.165) is 5.56 Å². The summed E-state index contributed by atoms with van der Waals surface area (Å²) in [5.74, 6) is 1.38. The summed E-state index contributed by atoms with van der Waals surface area (Å²) in [7, 11) is 0. The van der Waals surface area contributed by atoms with E-state index in [1.54, 1.807) is 31.3 Å². The Morgan fingerprint density at radius 2 is 2.04 bits per heavy atom. The topological polar surface area (TPSA) is 93.5 Å². The molecule has 4 rings (SSSR count). The number of aromatic nitrogens is 1. The number of rotatable bonds is 5. The van der Waals surface area contributed by atoms with E-state index in [4.69, 9.17) is 9.15 Å². The van der Waals surface area contributed by atoms with Crippen LogP contribution in [-0.2, 0) is 16.0 Å². The lowest BCUT2D eigenvalue weighted by atomic mass is 10.2. The molecule has 1 atom stereocenters. The van der Waals surface area contributed by atoms with Crippen molar-refractivity contribution in [3.05, 3.63) is 60.6 Å². The molecule has 0 radical (unpaired) electrons. The molecule has 0 fully saturated rings. The normalized spacial score (nSPS) is 15.3. The maximum absolute atomic E-state index is 12.2. The van der Waals surface area contributed by atoms with Gasteiger partial charge in [-0.15, -0.1) is 0 Å². The number of anilines is 2. The van der Waals surface area contributed by atoms with E-state index < -0.39 is 6.10 Å². The van der Waals surface area contributed by atoms with Crippen LogP contribution >= 0.6 is 0 Å². The molecule has 2 amide bonds. The molecule has 7 heteroatoms. The van der Waals surface area contributed by atoms with Crippen molar-refractivity contribution in [1.29, 1.82) is 0 Å². The molecule has 0 saturated carbocycles. The van der Waals surface area contributed by atoms with Gasteiger partial charge in [-0.05, 0) is 25.1 Å².